The third-order valence-corrected chi connectivity index (χ3v) is 5.63. The second kappa shape index (κ2) is 11.7. The third-order valence-electron chi connectivity index (χ3n) is 5.63. The molecule has 0 aromatic carbocycles. The lowest BCUT2D eigenvalue weighted by Crippen LogP contribution is -2.48. The second-order valence-corrected chi connectivity index (χ2v) is 8.01. The van der Waals surface area contributed by atoms with E-state index in [-0.39, 0.29) is 0 Å². The number of rotatable bonds is 8. The molecule has 0 spiro atoms. The molecular formula is C20H41N5. The fourth-order valence-electron chi connectivity index (χ4n) is 4.16. The maximum absolute atomic E-state index is 4.41. The predicted molar refractivity (Wildman–Crippen MR) is 108 cm³/mol. The van der Waals surface area contributed by atoms with Gasteiger partial charge in [-0.2, -0.15) is 0 Å². The number of hydrogen-bond donors (Lipinski definition) is 2. The minimum absolute atomic E-state index is 0.578. The summed E-state index contributed by atoms with van der Waals surface area (Å²) in [6, 6.07) is 0.578. The lowest BCUT2D eigenvalue weighted by atomic mass is 10.0. The predicted octanol–water partition coefficient (Wildman–Crippen LogP) is 2.54. The summed E-state index contributed by atoms with van der Waals surface area (Å²) in [5.41, 5.74) is 0. The molecule has 2 aliphatic heterocycles. The Kier molecular flexibility index (Phi) is 9.63. The van der Waals surface area contributed by atoms with E-state index in [2.05, 4.69) is 39.3 Å². The molecular weight excluding hydrogens is 310 g/mol. The first-order valence-corrected chi connectivity index (χ1v) is 10.6. The zero-order chi connectivity index (χ0) is 17.9. The quantitative estimate of drug-likeness (QED) is 0.401. The first-order chi connectivity index (χ1) is 12.2. The van der Waals surface area contributed by atoms with E-state index in [1.807, 2.05) is 7.05 Å². The zero-order valence-corrected chi connectivity index (χ0v) is 16.9. The van der Waals surface area contributed by atoms with Crippen molar-refractivity contribution in [3.63, 3.8) is 0 Å². The maximum Gasteiger partial charge on any atom is 0.191 e. The monoisotopic (exact) mass is 351 g/mol. The summed E-state index contributed by atoms with van der Waals surface area (Å²) >= 11 is 0. The average molecular weight is 352 g/mol. The molecule has 2 N–H and O–H groups in total. The van der Waals surface area contributed by atoms with Crippen LogP contribution in [-0.2, 0) is 0 Å². The molecule has 0 amide bonds. The highest BCUT2D eigenvalue weighted by Gasteiger charge is 2.19. The fraction of sp³-hybridized carbons (Fsp3) is 0.950. The molecule has 146 valence electrons. The highest BCUT2D eigenvalue weighted by molar-refractivity contribution is 5.79. The summed E-state index contributed by atoms with van der Waals surface area (Å²) in [6.45, 7) is 13.2. The molecule has 1 unspecified atom stereocenters. The molecule has 0 aromatic rings. The standard InChI is InChI=1S/C20H41N5/c1-4-12-24-15-9-19(10-16-24)23-20(21-3)22-11-5-6-13-25-14-7-8-18(2)17-25/h18-19H,4-17H2,1-3H3,(H2,21,22,23). The van der Waals surface area contributed by atoms with Gasteiger partial charge in [0, 0.05) is 39.3 Å². The Morgan fingerprint density at radius 3 is 2.52 bits per heavy atom. The van der Waals surface area contributed by atoms with Gasteiger partial charge in [0.2, 0.25) is 0 Å². The number of nitrogens with zero attached hydrogens (tertiary/aromatic N) is 3. The number of nitrogens with one attached hydrogen (secondary N) is 2. The number of piperidine rings is 2. The van der Waals surface area contributed by atoms with Gasteiger partial charge in [-0.15, -0.1) is 0 Å². The van der Waals surface area contributed by atoms with Crippen LogP contribution in [0.5, 0.6) is 0 Å². The minimum atomic E-state index is 0.578. The van der Waals surface area contributed by atoms with Gasteiger partial charge in [0.1, 0.15) is 0 Å². The van der Waals surface area contributed by atoms with Crippen LogP contribution in [0.15, 0.2) is 4.99 Å². The largest absolute Gasteiger partial charge is 0.356 e. The van der Waals surface area contributed by atoms with Gasteiger partial charge in [0.05, 0.1) is 0 Å². The number of unbranched alkanes of at least 4 members (excludes halogenated alkanes) is 1. The number of aliphatic imine (C=N–C) groups is 1. The third kappa shape index (κ3) is 7.95. The SMILES string of the molecule is CCCN1CCC(NC(=NC)NCCCCN2CCCC(C)C2)CC1. The van der Waals surface area contributed by atoms with Gasteiger partial charge in [-0.3, -0.25) is 4.99 Å². The van der Waals surface area contributed by atoms with Crippen molar-refractivity contribution in [2.24, 2.45) is 10.9 Å². The van der Waals surface area contributed by atoms with E-state index in [0.717, 1.165) is 18.4 Å². The summed E-state index contributed by atoms with van der Waals surface area (Å²) in [7, 11) is 1.89. The summed E-state index contributed by atoms with van der Waals surface area (Å²) in [5.74, 6) is 1.87. The topological polar surface area (TPSA) is 42.9 Å². The molecule has 0 saturated carbocycles. The van der Waals surface area contributed by atoms with E-state index in [4.69, 9.17) is 0 Å². The first-order valence-electron chi connectivity index (χ1n) is 10.6. The van der Waals surface area contributed by atoms with E-state index in [9.17, 15) is 0 Å². The van der Waals surface area contributed by atoms with E-state index in [0.29, 0.717) is 6.04 Å². The van der Waals surface area contributed by atoms with Gasteiger partial charge in [0.25, 0.3) is 0 Å². The first kappa shape index (κ1) is 20.5. The lowest BCUT2D eigenvalue weighted by Gasteiger charge is -2.33. The highest BCUT2D eigenvalue weighted by atomic mass is 15.2. The van der Waals surface area contributed by atoms with Crippen LogP contribution in [0.3, 0.4) is 0 Å². The Bertz CT molecular complexity index is 376. The Labute approximate surface area is 155 Å². The minimum Gasteiger partial charge on any atom is -0.356 e. The molecule has 2 heterocycles. The molecule has 5 nitrogen and oxygen atoms in total. The highest BCUT2D eigenvalue weighted by Crippen LogP contribution is 2.15. The Morgan fingerprint density at radius 1 is 1.04 bits per heavy atom. The van der Waals surface area contributed by atoms with Crippen LogP contribution in [-0.4, -0.2) is 74.7 Å². The molecule has 2 rings (SSSR count). The molecule has 0 radical (unpaired) electrons. The van der Waals surface area contributed by atoms with Crippen molar-refractivity contribution in [2.75, 3.05) is 52.9 Å². The van der Waals surface area contributed by atoms with Crippen molar-refractivity contribution in [1.29, 1.82) is 0 Å². The van der Waals surface area contributed by atoms with Crippen LogP contribution in [0.25, 0.3) is 0 Å². The van der Waals surface area contributed by atoms with Gasteiger partial charge in [-0.05, 0) is 70.5 Å². The van der Waals surface area contributed by atoms with Gasteiger partial charge in [-0.1, -0.05) is 13.8 Å². The molecule has 25 heavy (non-hydrogen) atoms. The molecule has 5 heteroatoms. The maximum atomic E-state index is 4.41. The Morgan fingerprint density at radius 2 is 1.84 bits per heavy atom. The van der Waals surface area contributed by atoms with Gasteiger partial charge >= 0.3 is 0 Å². The molecule has 0 aromatic heterocycles. The Hall–Kier alpha value is -0.810. The summed E-state index contributed by atoms with van der Waals surface area (Å²) < 4.78 is 0. The molecule has 1 atom stereocenters. The van der Waals surface area contributed by atoms with Gasteiger partial charge in [-0.25, -0.2) is 0 Å². The van der Waals surface area contributed by atoms with Crippen LogP contribution in [0, 0.1) is 5.92 Å². The molecule has 0 aliphatic carbocycles. The zero-order valence-electron chi connectivity index (χ0n) is 16.9. The van der Waals surface area contributed by atoms with Crippen LogP contribution in [0.2, 0.25) is 0 Å². The van der Waals surface area contributed by atoms with Gasteiger partial charge in [0.15, 0.2) is 5.96 Å². The summed E-state index contributed by atoms with van der Waals surface area (Å²) in [6.07, 6.45) is 9.02. The number of hydrogen-bond acceptors (Lipinski definition) is 3. The average Bonchev–Trinajstić information content (AvgIpc) is 2.62. The fourth-order valence-corrected chi connectivity index (χ4v) is 4.16. The smallest absolute Gasteiger partial charge is 0.191 e. The lowest BCUT2D eigenvalue weighted by molar-refractivity contribution is 0.181. The number of likely N-dealkylation sites (tertiary alicyclic amines) is 2. The number of guanidine groups is 1. The van der Waals surface area contributed by atoms with Crippen LogP contribution >= 0.6 is 0 Å². The van der Waals surface area contributed by atoms with Crippen molar-refractivity contribution in [1.82, 2.24) is 20.4 Å². The summed E-state index contributed by atoms with van der Waals surface area (Å²) in [4.78, 5) is 9.63. The molecule has 2 saturated heterocycles. The van der Waals surface area contributed by atoms with E-state index in [1.165, 1.54) is 84.2 Å². The van der Waals surface area contributed by atoms with Crippen LogP contribution in [0.4, 0.5) is 0 Å². The van der Waals surface area contributed by atoms with E-state index in [1.54, 1.807) is 0 Å². The van der Waals surface area contributed by atoms with Crippen molar-refractivity contribution < 1.29 is 0 Å². The van der Waals surface area contributed by atoms with Crippen molar-refractivity contribution in [3.8, 4) is 0 Å². The van der Waals surface area contributed by atoms with Crippen LogP contribution in [0.1, 0.15) is 58.8 Å². The molecule has 2 fully saturated rings. The second-order valence-electron chi connectivity index (χ2n) is 8.01. The summed E-state index contributed by atoms with van der Waals surface area (Å²) in [5, 5.41) is 7.12. The van der Waals surface area contributed by atoms with Crippen molar-refractivity contribution in [2.45, 2.75) is 64.8 Å². The molecule has 0 bridgehead atoms. The van der Waals surface area contributed by atoms with Crippen molar-refractivity contribution >= 4 is 5.96 Å². The normalized spacial score (nSPS) is 24.4. The Balaban J connectivity index is 1.53. The molecule has 2 aliphatic rings. The van der Waals surface area contributed by atoms with E-state index < -0.39 is 0 Å². The van der Waals surface area contributed by atoms with Crippen molar-refractivity contribution in [3.05, 3.63) is 0 Å². The van der Waals surface area contributed by atoms with E-state index >= 15 is 0 Å². The van der Waals surface area contributed by atoms with Crippen LogP contribution < -0.4 is 10.6 Å². The van der Waals surface area contributed by atoms with Gasteiger partial charge < -0.3 is 20.4 Å².